The second-order valence-electron chi connectivity index (χ2n) is 17.8. The number of pyridine rings is 1. The van der Waals surface area contributed by atoms with Crippen LogP contribution in [0, 0.1) is 0 Å². The predicted molar refractivity (Wildman–Crippen MR) is 272 cm³/mol. The summed E-state index contributed by atoms with van der Waals surface area (Å²) in [5.74, 6) is 2.31. The SMILES string of the molecule is CC(C)(C)c1ccnc(-n2c3cc(Oc4cccc([N+]5=C=[N+](c6c(-c7ccccc7)cccc6-c6ccccc6)c6ccccc65)c4)ccc3c3c2c2ccccc2n3-c2ccccc2)c1. The molecule has 0 bridgehead atoms. The van der Waals surface area contributed by atoms with E-state index in [2.05, 4.69) is 251 Å². The third kappa shape index (κ3) is 6.54. The first-order valence-electron chi connectivity index (χ1n) is 22.5. The van der Waals surface area contributed by atoms with E-state index in [1.807, 2.05) is 12.3 Å². The van der Waals surface area contributed by atoms with Gasteiger partial charge >= 0.3 is 6.01 Å². The van der Waals surface area contributed by atoms with Gasteiger partial charge in [0.15, 0.2) is 0 Å². The number of benzene rings is 8. The monoisotopic (exact) mass is 851 g/mol. The summed E-state index contributed by atoms with van der Waals surface area (Å²) in [7, 11) is 0. The Morgan fingerprint density at radius 3 is 1.79 bits per heavy atom. The second-order valence-corrected chi connectivity index (χ2v) is 17.8. The van der Waals surface area contributed by atoms with Gasteiger partial charge in [-0.15, -0.1) is 0 Å². The highest BCUT2D eigenvalue weighted by Gasteiger charge is 2.39. The molecule has 0 saturated carbocycles. The third-order valence-corrected chi connectivity index (χ3v) is 12.7. The van der Waals surface area contributed by atoms with Crippen LogP contribution in [0.15, 0.2) is 219 Å². The second kappa shape index (κ2) is 15.6. The van der Waals surface area contributed by atoms with Crippen molar-refractivity contribution in [3.05, 3.63) is 224 Å². The molecule has 0 aliphatic carbocycles. The summed E-state index contributed by atoms with van der Waals surface area (Å²) in [6.45, 7) is 6.74. The van der Waals surface area contributed by atoms with Gasteiger partial charge in [-0.1, -0.05) is 142 Å². The minimum atomic E-state index is -0.0612. The van der Waals surface area contributed by atoms with E-state index in [4.69, 9.17) is 9.72 Å². The molecule has 6 heteroatoms. The van der Waals surface area contributed by atoms with E-state index in [9.17, 15) is 0 Å². The van der Waals surface area contributed by atoms with Gasteiger partial charge in [0.2, 0.25) is 11.4 Å². The number of fused-ring (bicyclic) bond motifs is 6. The smallest absolute Gasteiger partial charge is 0.457 e. The molecule has 12 rings (SSSR count). The van der Waals surface area contributed by atoms with Gasteiger partial charge in [0, 0.05) is 46.9 Å². The molecule has 1 aliphatic heterocycles. The molecular weight excluding hydrogens is 807 g/mol. The maximum absolute atomic E-state index is 6.88. The van der Waals surface area contributed by atoms with E-state index >= 15 is 0 Å². The third-order valence-electron chi connectivity index (χ3n) is 12.7. The van der Waals surface area contributed by atoms with Crippen LogP contribution in [0.4, 0.5) is 22.7 Å². The van der Waals surface area contributed by atoms with Crippen molar-refractivity contribution in [2.24, 2.45) is 0 Å². The Hall–Kier alpha value is -8.57. The largest absolute Gasteiger partial charge is 0.503 e. The Bertz CT molecular complexity index is 3680. The average molecular weight is 852 g/mol. The van der Waals surface area contributed by atoms with Crippen LogP contribution < -0.4 is 13.9 Å². The van der Waals surface area contributed by atoms with E-state index in [0.717, 1.165) is 95.1 Å². The summed E-state index contributed by atoms with van der Waals surface area (Å²) >= 11 is 0. The number of para-hydroxylation sites is 5. The number of hydrogen-bond acceptors (Lipinski definition) is 2. The van der Waals surface area contributed by atoms with Crippen LogP contribution in [0.3, 0.4) is 0 Å². The molecule has 6 nitrogen and oxygen atoms in total. The Kier molecular flexibility index (Phi) is 9.23. The minimum absolute atomic E-state index is 0.0612. The molecule has 0 spiro atoms. The van der Waals surface area contributed by atoms with E-state index in [0.29, 0.717) is 5.75 Å². The number of hydrogen-bond donors (Lipinski definition) is 0. The van der Waals surface area contributed by atoms with E-state index < -0.39 is 0 Å². The lowest BCUT2D eigenvalue weighted by Crippen LogP contribution is -2.12. The van der Waals surface area contributed by atoms with Gasteiger partial charge in [-0.2, -0.15) is 0 Å². The highest BCUT2D eigenvalue weighted by molar-refractivity contribution is 6.20. The minimum Gasteiger partial charge on any atom is -0.457 e. The summed E-state index contributed by atoms with van der Waals surface area (Å²) < 4.78 is 15.9. The van der Waals surface area contributed by atoms with E-state index in [1.165, 1.54) is 5.56 Å². The van der Waals surface area contributed by atoms with Crippen molar-refractivity contribution < 1.29 is 4.74 Å². The standard InChI is InChI=1S/C60H45N5O/c1-60(2,3)43-35-36-61-56(37-43)65-55-39-47(33-34-51(55)58-59(65)50-27-13-14-30-52(50)64(58)44-23-11-6-12-24-44)66-46-26-17-25-45(38-46)62-40-63(54-32-16-15-31-53(54)62)57-48(41-19-7-4-8-20-41)28-18-29-49(57)42-21-9-5-10-22-42/h4-39H,1-3H3/q+2. The van der Waals surface area contributed by atoms with Gasteiger partial charge in [-0.05, 0) is 91.9 Å². The molecule has 0 atom stereocenters. The lowest BCUT2D eigenvalue weighted by molar-refractivity contribution is 0.483. The van der Waals surface area contributed by atoms with Crippen LogP contribution in [-0.2, 0) is 5.41 Å². The lowest BCUT2D eigenvalue weighted by atomic mass is 9.88. The molecule has 0 amide bonds. The van der Waals surface area contributed by atoms with Gasteiger partial charge in [0.25, 0.3) is 11.4 Å². The molecule has 3 aromatic heterocycles. The van der Waals surface area contributed by atoms with Crippen molar-refractivity contribution in [1.29, 1.82) is 0 Å². The topological polar surface area (TPSA) is 38.0 Å². The van der Waals surface area contributed by atoms with Crippen LogP contribution in [0.25, 0.3) is 66.6 Å². The van der Waals surface area contributed by atoms with Crippen molar-refractivity contribution in [1.82, 2.24) is 23.3 Å². The maximum Gasteiger partial charge on any atom is 0.503 e. The highest BCUT2D eigenvalue weighted by Crippen LogP contribution is 2.46. The Labute approximate surface area is 383 Å². The zero-order valence-electron chi connectivity index (χ0n) is 36.9. The van der Waals surface area contributed by atoms with Crippen LogP contribution in [0.1, 0.15) is 26.3 Å². The van der Waals surface area contributed by atoms with E-state index in [-0.39, 0.29) is 5.41 Å². The molecule has 66 heavy (non-hydrogen) atoms. The fourth-order valence-corrected chi connectivity index (χ4v) is 9.59. The summed E-state index contributed by atoms with van der Waals surface area (Å²) in [5, 5.41) is 2.26. The molecule has 314 valence electrons. The van der Waals surface area contributed by atoms with Gasteiger partial charge in [-0.3, -0.25) is 4.57 Å². The predicted octanol–water partition coefficient (Wildman–Crippen LogP) is 15.4. The molecule has 8 aromatic carbocycles. The Morgan fingerprint density at radius 1 is 0.485 bits per heavy atom. The number of ether oxygens (including phenoxy) is 1. The molecule has 4 heterocycles. The fourth-order valence-electron chi connectivity index (χ4n) is 9.59. The summed E-state index contributed by atoms with van der Waals surface area (Å²) in [6, 6.07) is 78.5. The number of nitrogens with zero attached hydrogens (tertiary/aromatic N) is 5. The maximum atomic E-state index is 6.88. The van der Waals surface area contributed by atoms with Crippen molar-refractivity contribution >= 4 is 61.6 Å². The normalized spacial score (nSPS) is 12.4. The number of rotatable bonds is 8. The van der Waals surface area contributed by atoms with Crippen molar-refractivity contribution in [3.8, 4) is 45.3 Å². The van der Waals surface area contributed by atoms with Crippen molar-refractivity contribution in [3.63, 3.8) is 0 Å². The van der Waals surface area contributed by atoms with Gasteiger partial charge < -0.3 is 9.30 Å². The Morgan fingerprint density at radius 2 is 1.08 bits per heavy atom. The number of aromatic nitrogens is 3. The first kappa shape index (κ1) is 39.1. The molecule has 11 aromatic rings. The van der Waals surface area contributed by atoms with Gasteiger partial charge in [0.05, 0.1) is 39.3 Å². The van der Waals surface area contributed by atoms with Crippen molar-refractivity contribution in [2.45, 2.75) is 26.2 Å². The molecular formula is C60H45N5O+2. The summed E-state index contributed by atoms with van der Waals surface area (Å²) in [5.41, 5.74) is 15.2. The first-order chi connectivity index (χ1) is 32.4. The van der Waals surface area contributed by atoms with Gasteiger partial charge in [0.1, 0.15) is 17.3 Å². The molecule has 0 saturated heterocycles. The van der Waals surface area contributed by atoms with Crippen LogP contribution in [-0.4, -0.2) is 20.1 Å². The zero-order valence-corrected chi connectivity index (χ0v) is 36.9. The quantitative estimate of drug-likeness (QED) is 0.143. The van der Waals surface area contributed by atoms with Crippen LogP contribution in [0.2, 0.25) is 0 Å². The highest BCUT2D eigenvalue weighted by atomic mass is 16.5. The van der Waals surface area contributed by atoms with Crippen molar-refractivity contribution in [2.75, 3.05) is 0 Å². The fraction of sp³-hybridized carbons (Fsp3) is 0.0667. The van der Waals surface area contributed by atoms with Crippen LogP contribution in [0.5, 0.6) is 11.5 Å². The van der Waals surface area contributed by atoms with E-state index in [1.54, 1.807) is 0 Å². The molecule has 0 radical (unpaired) electrons. The molecule has 0 N–H and O–H groups in total. The first-order valence-corrected chi connectivity index (χ1v) is 22.5. The van der Waals surface area contributed by atoms with Crippen LogP contribution >= 0.6 is 0 Å². The average Bonchev–Trinajstić information content (AvgIpc) is 4.02. The summed E-state index contributed by atoms with van der Waals surface area (Å²) in [4.78, 5) is 5.04. The Balaban J connectivity index is 1.02. The van der Waals surface area contributed by atoms with Gasteiger partial charge in [-0.25, -0.2) is 4.98 Å². The molecule has 1 aliphatic rings. The molecule has 0 fully saturated rings. The summed E-state index contributed by atoms with van der Waals surface area (Å²) in [6.07, 6.45) is 1.93. The molecule has 0 unspecified atom stereocenters. The lowest BCUT2D eigenvalue weighted by Gasteiger charge is -2.20. The zero-order chi connectivity index (χ0) is 44.4.